The second kappa shape index (κ2) is 23.3. The zero-order chi connectivity index (χ0) is 19.8. The fourth-order valence-corrected chi connectivity index (χ4v) is 3.29. The summed E-state index contributed by atoms with van der Waals surface area (Å²) in [6, 6.07) is 0. The van der Waals surface area contributed by atoms with Crippen LogP contribution in [0.2, 0.25) is 0 Å². The van der Waals surface area contributed by atoms with E-state index in [1.807, 2.05) is 0 Å². The van der Waals surface area contributed by atoms with Crippen molar-refractivity contribution in [3.8, 4) is 0 Å². The maximum absolute atomic E-state index is 11.5. The Kier molecular flexibility index (Phi) is 22.6. The number of alkyl carbamates (subject to hydrolysis) is 1. The Morgan fingerprint density at radius 1 is 0.667 bits per heavy atom. The van der Waals surface area contributed by atoms with Crippen LogP contribution in [0.3, 0.4) is 0 Å². The van der Waals surface area contributed by atoms with Crippen LogP contribution < -0.4 is 5.32 Å². The molecule has 2 N–H and O–H groups in total. The normalized spacial score (nSPS) is 10.9. The Morgan fingerprint density at radius 2 is 1.11 bits per heavy atom. The van der Waals surface area contributed by atoms with Gasteiger partial charge in [0.15, 0.2) is 0 Å². The third kappa shape index (κ3) is 23.2. The van der Waals surface area contributed by atoms with Crippen molar-refractivity contribution in [2.24, 2.45) is 0 Å². The number of carbonyl (C=O) groups is 1. The number of ether oxygens (including phenoxy) is 1. The first-order valence-corrected chi connectivity index (χ1v) is 11.8. The van der Waals surface area contributed by atoms with Gasteiger partial charge in [-0.1, -0.05) is 103 Å². The van der Waals surface area contributed by atoms with Gasteiger partial charge in [0.05, 0.1) is 6.61 Å². The lowest BCUT2D eigenvalue weighted by molar-refractivity contribution is 0.143. The summed E-state index contributed by atoms with van der Waals surface area (Å²) in [4.78, 5) is 11.5. The highest BCUT2D eigenvalue weighted by molar-refractivity contribution is 5.66. The number of rotatable bonds is 21. The van der Waals surface area contributed by atoms with Gasteiger partial charge in [0.25, 0.3) is 0 Å². The zero-order valence-corrected chi connectivity index (χ0v) is 18.1. The lowest BCUT2D eigenvalue weighted by atomic mass is 10.0. The Hall–Kier alpha value is -0.770. The van der Waals surface area contributed by atoms with Crippen molar-refractivity contribution in [3.63, 3.8) is 0 Å². The van der Waals surface area contributed by atoms with Gasteiger partial charge >= 0.3 is 6.09 Å². The van der Waals surface area contributed by atoms with Crippen molar-refractivity contribution in [2.75, 3.05) is 19.8 Å². The fourth-order valence-electron chi connectivity index (χ4n) is 3.29. The molecule has 0 aliphatic rings. The predicted molar refractivity (Wildman–Crippen MR) is 115 cm³/mol. The number of amides is 1. The second-order valence-electron chi connectivity index (χ2n) is 7.80. The number of unbranched alkanes of at least 4 members (excludes halogenated alkanes) is 16. The van der Waals surface area contributed by atoms with E-state index in [0.29, 0.717) is 13.2 Å². The highest BCUT2D eigenvalue weighted by Crippen LogP contribution is 2.12. The molecule has 0 spiro atoms. The van der Waals surface area contributed by atoms with Crippen molar-refractivity contribution in [1.29, 1.82) is 0 Å². The molecule has 0 rings (SSSR count). The van der Waals surface area contributed by atoms with Crippen molar-refractivity contribution in [3.05, 3.63) is 0 Å². The van der Waals surface area contributed by atoms with Crippen LogP contribution in [0, 0.1) is 0 Å². The van der Waals surface area contributed by atoms with Crippen LogP contribution in [0.15, 0.2) is 0 Å². The van der Waals surface area contributed by atoms with Crippen molar-refractivity contribution in [2.45, 2.75) is 122 Å². The quantitative estimate of drug-likeness (QED) is 0.215. The number of hydrogen-bond donors (Lipinski definition) is 2. The summed E-state index contributed by atoms with van der Waals surface area (Å²) in [6.45, 7) is 3.74. The molecule has 4 heteroatoms. The molecule has 0 atom stereocenters. The largest absolute Gasteiger partial charge is 0.450 e. The lowest BCUT2D eigenvalue weighted by Crippen LogP contribution is -2.25. The predicted octanol–water partition coefficient (Wildman–Crippen LogP) is 6.75. The summed E-state index contributed by atoms with van der Waals surface area (Å²) in [5.41, 5.74) is 0. The second-order valence-corrected chi connectivity index (χ2v) is 7.80. The lowest BCUT2D eigenvalue weighted by Gasteiger charge is -2.07. The van der Waals surface area contributed by atoms with Gasteiger partial charge in [0.1, 0.15) is 0 Å². The van der Waals surface area contributed by atoms with Crippen LogP contribution in [0.25, 0.3) is 0 Å². The molecule has 0 aromatic carbocycles. The smallest absolute Gasteiger partial charge is 0.407 e. The van der Waals surface area contributed by atoms with Crippen LogP contribution in [-0.2, 0) is 4.74 Å². The number of carbonyl (C=O) groups excluding carboxylic acids is 1. The van der Waals surface area contributed by atoms with Gasteiger partial charge in [-0.25, -0.2) is 4.79 Å². The van der Waals surface area contributed by atoms with Gasteiger partial charge in [0, 0.05) is 13.2 Å². The Bertz CT molecular complexity index is 297. The first kappa shape index (κ1) is 26.2. The first-order valence-electron chi connectivity index (χ1n) is 11.8. The summed E-state index contributed by atoms with van der Waals surface area (Å²) in [7, 11) is 0. The summed E-state index contributed by atoms with van der Waals surface area (Å²) in [5, 5.41) is 11.5. The van der Waals surface area contributed by atoms with Crippen LogP contribution in [-0.4, -0.2) is 31.0 Å². The monoisotopic (exact) mass is 385 g/mol. The van der Waals surface area contributed by atoms with Gasteiger partial charge in [-0.3, -0.25) is 0 Å². The van der Waals surface area contributed by atoms with Gasteiger partial charge in [-0.05, 0) is 19.3 Å². The minimum Gasteiger partial charge on any atom is -0.450 e. The molecule has 0 aromatic heterocycles. The van der Waals surface area contributed by atoms with E-state index in [1.54, 1.807) is 0 Å². The molecular weight excluding hydrogens is 338 g/mol. The molecule has 0 aromatic rings. The van der Waals surface area contributed by atoms with Gasteiger partial charge in [0.2, 0.25) is 0 Å². The van der Waals surface area contributed by atoms with Crippen molar-refractivity contribution < 1.29 is 14.6 Å². The molecule has 0 bridgehead atoms. The van der Waals surface area contributed by atoms with Crippen molar-refractivity contribution >= 4 is 6.09 Å². The third-order valence-electron chi connectivity index (χ3n) is 5.09. The Morgan fingerprint density at radius 3 is 1.63 bits per heavy atom. The van der Waals surface area contributed by atoms with E-state index in [4.69, 9.17) is 9.84 Å². The average molecular weight is 386 g/mol. The molecule has 0 saturated carbocycles. The number of nitrogens with one attached hydrogen (secondary N) is 1. The maximum atomic E-state index is 11.5. The number of aliphatic hydroxyl groups excluding tert-OH is 1. The minimum absolute atomic E-state index is 0.259. The molecule has 0 fully saturated rings. The molecule has 0 saturated heterocycles. The van der Waals surface area contributed by atoms with Gasteiger partial charge < -0.3 is 15.2 Å². The van der Waals surface area contributed by atoms with E-state index in [2.05, 4.69) is 12.2 Å². The van der Waals surface area contributed by atoms with E-state index >= 15 is 0 Å². The molecule has 27 heavy (non-hydrogen) atoms. The number of aliphatic hydroxyl groups is 1. The topological polar surface area (TPSA) is 58.6 Å². The molecule has 0 unspecified atom stereocenters. The molecule has 4 nitrogen and oxygen atoms in total. The molecular formula is C23H47NO3. The van der Waals surface area contributed by atoms with E-state index in [1.165, 1.54) is 77.0 Å². The van der Waals surface area contributed by atoms with Crippen molar-refractivity contribution in [1.82, 2.24) is 5.32 Å². The molecule has 0 radical (unpaired) electrons. The minimum atomic E-state index is -0.285. The van der Waals surface area contributed by atoms with E-state index in [9.17, 15) is 4.79 Å². The molecule has 162 valence electrons. The average Bonchev–Trinajstić information content (AvgIpc) is 2.67. The number of hydrogen-bond acceptors (Lipinski definition) is 3. The van der Waals surface area contributed by atoms with Crippen LogP contribution in [0.5, 0.6) is 0 Å². The van der Waals surface area contributed by atoms with E-state index in [-0.39, 0.29) is 12.7 Å². The fraction of sp³-hybridized carbons (Fsp3) is 0.957. The summed E-state index contributed by atoms with van der Waals surface area (Å²) in [6.07, 6.45) is 22.3. The van der Waals surface area contributed by atoms with Gasteiger partial charge in [-0.2, -0.15) is 0 Å². The molecule has 1 amide bonds. The third-order valence-corrected chi connectivity index (χ3v) is 5.09. The summed E-state index contributed by atoms with van der Waals surface area (Å²) >= 11 is 0. The van der Waals surface area contributed by atoms with Crippen LogP contribution in [0.4, 0.5) is 4.79 Å². The maximum Gasteiger partial charge on any atom is 0.407 e. The Labute approximate surface area is 168 Å². The van der Waals surface area contributed by atoms with E-state index < -0.39 is 0 Å². The highest BCUT2D eigenvalue weighted by atomic mass is 16.5. The van der Waals surface area contributed by atoms with E-state index in [0.717, 1.165) is 38.5 Å². The highest BCUT2D eigenvalue weighted by Gasteiger charge is 2.00. The summed E-state index contributed by atoms with van der Waals surface area (Å²) < 4.78 is 5.19. The first-order chi connectivity index (χ1) is 13.3. The molecule has 0 heterocycles. The molecule has 0 aliphatic carbocycles. The zero-order valence-electron chi connectivity index (χ0n) is 18.1. The van der Waals surface area contributed by atoms with Crippen LogP contribution in [0.1, 0.15) is 122 Å². The van der Waals surface area contributed by atoms with Crippen LogP contribution >= 0.6 is 0 Å². The molecule has 0 aliphatic heterocycles. The Balaban J connectivity index is 3.10. The standard InChI is InChI=1S/C23H47NO3/c1-2-3-4-5-6-7-8-9-10-11-12-13-16-19-22-27-23(26)24-20-17-14-15-18-21-25/h25H,2-22H2,1H3,(H,24,26). The SMILES string of the molecule is CCCCCCCCCCCCCCCCOC(=O)NCCCCCCO. The summed E-state index contributed by atoms with van der Waals surface area (Å²) in [5.74, 6) is 0. The van der Waals surface area contributed by atoms with Gasteiger partial charge in [-0.15, -0.1) is 0 Å².